The van der Waals surface area contributed by atoms with Crippen LogP contribution >= 0.6 is 0 Å². The number of piperazine rings is 1. The Bertz CT molecular complexity index is 935. The highest BCUT2D eigenvalue weighted by atomic mass is 16.5. The van der Waals surface area contributed by atoms with Crippen LogP contribution in [-0.2, 0) is 6.42 Å². The molecule has 0 saturated carbocycles. The lowest BCUT2D eigenvalue weighted by molar-refractivity contribution is 0.0663. The second-order valence-corrected chi connectivity index (χ2v) is 7.74. The summed E-state index contributed by atoms with van der Waals surface area (Å²) in [5.74, 6) is 0.809. The van der Waals surface area contributed by atoms with Gasteiger partial charge in [0.2, 0.25) is 0 Å². The van der Waals surface area contributed by atoms with Crippen LogP contribution in [0.15, 0.2) is 66.7 Å². The Morgan fingerprint density at radius 3 is 2.41 bits per heavy atom. The van der Waals surface area contributed by atoms with E-state index in [1.54, 1.807) is 0 Å². The number of aliphatic hydroxyl groups excluding tert-OH is 1. The maximum absolute atomic E-state index is 10.5. The maximum atomic E-state index is 10.5. The van der Waals surface area contributed by atoms with Crippen molar-refractivity contribution in [3.63, 3.8) is 0 Å². The zero-order valence-corrected chi connectivity index (χ0v) is 17.1. The molecule has 1 atom stereocenters. The summed E-state index contributed by atoms with van der Waals surface area (Å²) in [5.41, 5.74) is 2.76. The number of nitrogens with zero attached hydrogens (tertiary/aromatic N) is 2. The maximum Gasteiger partial charge on any atom is 0.120 e. The quantitative estimate of drug-likeness (QED) is 0.662. The fourth-order valence-electron chi connectivity index (χ4n) is 4.09. The molecule has 4 heteroatoms. The number of β-amino-alcohol motifs (C(OH)–C–C–N with tert-alkyl or cyclic N) is 1. The summed E-state index contributed by atoms with van der Waals surface area (Å²) in [5, 5.41) is 12.8. The van der Waals surface area contributed by atoms with Crippen molar-refractivity contribution in [2.45, 2.75) is 19.4 Å². The van der Waals surface area contributed by atoms with Crippen molar-refractivity contribution in [3.05, 3.63) is 72.3 Å². The SMILES string of the molecule is CCc1ccccc1N1CCN(CC(O)COc2ccc3ccccc3c2)CC1. The van der Waals surface area contributed by atoms with Gasteiger partial charge in [-0.2, -0.15) is 0 Å². The summed E-state index contributed by atoms with van der Waals surface area (Å²) >= 11 is 0. The van der Waals surface area contributed by atoms with Gasteiger partial charge in [-0.3, -0.25) is 4.90 Å². The molecule has 29 heavy (non-hydrogen) atoms. The highest BCUT2D eigenvalue weighted by Gasteiger charge is 2.20. The Kier molecular flexibility index (Phi) is 6.33. The normalized spacial score (nSPS) is 16.1. The molecule has 0 aromatic heterocycles. The number of hydrogen-bond acceptors (Lipinski definition) is 4. The molecule has 0 spiro atoms. The molecule has 1 saturated heterocycles. The number of aryl methyl sites for hydroxylation is 1. The first kappa shape index (κ1) is 19.7. The number of benzene rings is 3. The van der Waals surface area contributed by atoms with E-state index < -0.39 is 6.10 Å². The molecule has 0 bridgehead atoms. The fourth-order valence-corrected chi connectivity index (χ4v) is 4.09. The van der Waals surface area contributed by atoms with Crippen LogP contribution in [0.3, 0.4) is 0 Å². The van der Waals surface area contributed by atoms with Gasteiger partial charge in [0.15, 0.2) is 0 Å². The first-order valence-corrected chi connectivity index (χ1v) is 10.6. The summed E-state index contributed by atoms with van der Waals surface area (Å²) in [6.45, 7) is 7.09. The summed E-state index contributed by atoms with van der Waals surface area (Å²) < 4.78 is 5.85. The smallest absolute Gasteiger partial charge is 0.120 e. The van der Waals surface area contributed by atoms with E-state index in [0.717, 1.165) is 43.7 Å². The van der Waals surface area contributed by atoms with Crippen LogP contribution in [0.25, 0.3) is 10.8 Å². The lowest BCUT2D eigenvalue weighted by Gasteiger charge is -2.37. The second kappa shape index (κ2) is 9.29. The molecule has 4 rings (SSSR count). The highest BCUT2D eigenvalue weighted by molar-refractivity contribution is 5.83. The van der Waals surface area contributed by atoms with Gasteiger partial charge >= 0.3 is 0 Å². The third-order valence-electron chi connectivity index (χ3n) is 5.72. The number of anilines is 1. The van der Waals surface area contributed by atoms with Crippen molar-refractivity contribution in [1.29, 1.82) is 0 Å². The summed E-state index contributed by atoms with van der Waals surface area (Å²) in [4.78, 5) is 4.80. The van der Waals surface area contributed by atoms with Crippen LogP contribution in [-0.4, -0.2) is 55.4 Å². The summed E-state index contributed by atoms with van der Waals surface area (Å²) in [7, 11) is 0. The van der Waals surface area contributed by atoms with E-state index in [2.05, 4.69) is 59.2 Å². The van der Waals surface area contributed by atoms with Crippen molar-refractivity contribution in [1.82, 2.24) is 4.90 Å². The van der Waals surface area contributed by atoms with Crippen molar-refractivity contribution in [3.8, 4) is 5.75 Å². The molecule has 1 aliphatic heterocycles. The van der Waals surface area contributed by atoms with E-state index in [-0.39, 0.29) is 0 Å². The number of para-hydroxylation sites is 1. The standard InChI is InChI=1S/C25H30N2O2/c1-2-20-7-5-6-10-25(20)27-15-13-26(14-16-27)18-23(28)19-29-24-12-11-21-8-3-4-9-22(21)17-24/h3-12,17,23,28H,2,13-16,18-19H2,1H3. The Balaban J connectivity index is 1.25. The zero-order valence-electron chi connectivity index (χ0n) is 17.1. The van der Waals surface area contributed by atoms with Gasteiger partial charge in [0, 0.05) is 38.4 Å². The van der Waals surface area contributed by atoms with Crippen molar-refractivity contribution in [2.75, 3.05) is 44.2 Å². The molecule has 1 heterocycles. The number of rotatable bonds is 7. The van der Waals surface area contributed by atoms with Gasteiger partial charge in [-0.25, -0.2) is 0 Å². The highest BCUT2D eigenvalue weighted by Crippen LogP contribution is 2.23. The van der Waals surface area contributed by atoms with Gasteiger partial charge in [0.25, 0.3) is 0 Å². The molecule has 0 aliphatic carbocycles. The molecule has 1 N–H and O–H groups in total. The van der Waals surface area contributed by atoms with E-state index in [0.29, 0.717) is 13.2 Å². The average Bonchev–Trinajstić information content (AvgIpc) is 2.78. The molecule has 0 amide bonds. The van der Waals surface area contributed by atoms with Gasteiger partial charge in [0.1, 0.15) is 18.5 Å². The van der Waals surface area contributed by atoms with Crippen LogP contribution in [0.4, 0.5) is 5.69 Å². The van der Waals surface area contributed by atoms with E-state index >= 15 is 0 Å². The molecule has 4 nitrogen and oxygen atoms in total. The summed E-state index contributed by atoms with van der Waals surface area (Å²) in [6, 6.07) is 23.0. The van der Waals surface area contributed by atoms with Gasteiger partial charge in [-0.15, -0.1) is 0 Å². The van der Waals surface area contributed by atoms with Gasteiger partial charge in [0.05, 0.1) is 0 Å². The largest absolute Gasteiger partial charge is 0.491 e. The lowest BCUT2D eigenvalue weighted by atomic mass is 10.1. The minimum atomic E-state index is -0.490. The minimum absolute atomic E-state index is 0.317. The van der Waals surface area contributed by atoms with Gasteiger partial charge in [-0.05, 0) is 41.0 Å². The predicted octanol–water partition coefficient (Wildman–Crippen LogP) is 3.96. The average molecular weight is 391 g/mol. The Labute approximate surface area is 173 Å². The number of hydrogen-bond donors (Lipinski definition) is 1. The molecule has 152 valence electrons. The van der Waals surface area contributed by atoms with Crippen LogP contribution in [0.5, 0.6) is 5.75 Å². The molecule has 1 aliphatic rings. The monoisotopic (exact) mass is 390 g/mol. The van der Waals surface area contributed by atoms with Crippen LogP contribution in [0.2, 0.25) is 0 Å². The topological polar surface area (TPSA) is 35.9 Å². The van der Waals surface area contributed by atoms with E-state index in [1.165, 1.54) is 16.6 Å². The zero-order chi connectivity index (χ0) is 20.1. The molecular weight excluding hydrogens is 360 g/mol. The molecule has 1 unspecified atom stereocenters. The third-order valence-corrected chi connectivity index (χ3v) is 5.72. The molecule has 0 radical (unpaired) electrons. The van der Waals surface area contributed by atoms with Crippen molar-refractivity contribution < 1.29 is 9.84 Å². The Morgan fingerprint density at radius 2 is 1.62 bits per heavy atom. The molecule has 3 aromatic rings. The lowest BCUT2D eigenvalue weighted by Crippen LogP contribution is -2.49. The van der Waals surface area contributed by atoms with Crippen LogP contribution in [0.1, 0.15) is 12.5 Å². The van der Waals surface area contributed by atoms with Crippen molar-refractivity contribution >= 4 is 16.5 Å². The number of fused-ring (bicyclic) bond motifs is 1. The van der Waals surface area contributed by atoms with E-state index in [4.69, 9.17) is 4.74 Å². The summed E-state index contributed by atoms with van der Waals surface area (Å²) in [6.07, 6.45) is 0.567. The van der Waals surface area contributed by atoms with E-state index in [1.807, 2.05) is 24.3 Å². The second-order valence-electron chi connectivity index (χ2n) is 7.74. The third kappa shape index (κ3) is 4.89. The molecular formula is C25H30N2O2. The van der Waals surface area contributed by atoms with Gasteiger partial charge < -0.3 is 14.7 Å². The first-order valence-electron chi connectivity index (χ1n) is 10.6. The fraction of sp³-hybridized carbons (Fsp3) is 0.360. The van der Waals surface area contributed by atoms with Crippen LogP contribution < -0.4 is 9.64 Å². The number of aliphatic hydroxyl groups is 1. The van der Waals surface area contributed by atoms with Crippen molar-refractivity contribution in [2.24, 2.45) is 0 Å². The Hall–Kier alpha value is -2.56. The Morgan fingerprint density at radius 1 is 0.897 bits per heavy atom. The molecule has 3 aromatic carbocycles. The minimum Gasteiger partial charge on any atom is -0.491 e. The first-order chi connectivity index (χ1) is 14.2. The predicted molar refractivity (Wildman–Crippen MR) is 120 cm³/mol. The number of ether oxygens (including phenoxy) is 1. The molecule has 1 fully saturated rings. The van der Waals surface area contributed by atoms with Crippen LogP contribution in [0, 0.1) is 0 Å². The van der Waals surface area contributed by atoms with E-state index in [9.17, 15) is 5.11 Å². The van der Waals surface area contributed by atoms with Gasteiger partial charge in [-0.1, -0.05) is 55.5 Å².